The molecule has 0 aliphatic heterocycles. The number of hydrogen-bond donors (Lipinski definition) is 1. The molecule has 0 fully saturated rings. The lowest BCUT2D eigenvalue weighted by atomic mass is 10.1. The molecule has 2 aromatic rings. The molecule has 36 heavy (non-hydrogen) atoms. The maximum Gasteiger partial charge on any atom is 0.244 e. The van der Waals surface area contributed by atoms with E-state index in [2.05, 4.69) is 5.32 Å². The molecule has 0 spiro atoms. The van der Waals surface area contributed by atoms with E-state index in [0.29, 0.717) is 21.2 Å². The molecule has 196 valence electrons. The Morgan fingerprint density at radius 2 is 1.69 bits per heavy atom. The van der Waals surface area contributed by atoms with E-state index in [1.54, 1.807) is 31.2 Å². The van der Waals surface area contributed by atoms with E-state index in [9.17, 15) is 22.8 Å². The van der Waals surface area contributed by atoms with Crippen LogP contribution < -0.4 is 9.62 Å². The van der Waals surface area contributed by atoms with Crippen molar-refractivity contribution >= 4 is 56.5 Å². The number of carbonyl (C=O) groups excluding carboxylic acids is 3. The van der Waals surface area contributed by atoms with Crippen molar-refractivity contribution in [1.29, 1.82) is 0 Å². The summed E-state index contributed by atoms with van der Waals surface area (Å²) in [6.45, 7) is 7.72. The maximum atomic E-state index is 13.6. The fourth-order valence-electron chi connectivity index (χ4n) is 3.38. The molecule has 2 rings (SSSR count). The van der Waals surface area contributed by atoms with Gasteiger partial charge < -0.3 is 10.2 Å². The lowest BCUT2D eigenvalue weighted by molar-refractivity contribution is -0.140. The summed E-state index contributed by atoms with van der Waals surface area (Å²) in [6, 6.07) is 9.83. The van der Waals surface area contributed by atoms with Crippen molar-refractivity contribution in [3.05, 3.63) is 63.6 Å². The summed E-state index contributed by atoms with van der Waals surface area (Å²) in [6.07, 6.45) is 0.969. The summed E-state index contributed by atoms with van der Waals surface area (Å²) in [5.41, 5.74) is 0.449. The van der Waals surface area contributed by atoms with Gasteiger partial charge in [-0.05, 0) is 64.4 Å². The number of amides is 2. The normalized spacial score (nSPS) is 12.6. The predicted molar refractivity (Wildman–Crippen MR) is 143 cm³/mol. The lowest BCUT2D eigenvalue weighted by Crippen LogP contribution is -2.54. The molecule has 1 N–H and O–H groups in total. The van der Waals surface area contributed by atoms with E-state index in [4.69, 9.17) is 23.2 Å². The van der Waals surface area contributed by atoms with Crippen molar-refractivity contribution in [2.75, 3.05) is 17.1 Å². The van der Waals surface area contributed by atoms with Gasteiger partial charge in [0.1, 0.15) is 12.6 Å². The zero-order valence-corrected chi connectivity index (χ0v) is 23.5. The summed E-state index contributed by atoms with van der Waals surface area (Å²) in [4.78, 5) is 39.7. The standard InChI is InChI=1S/C25H31Cl2N3O5S/c1-16(24(33)28-25(3,4)5)29(14-19-10-11-20(26)13-22(19)27)23(32)15-30(36(6,34)35)21-9-7-8-18(12-21)17(2)31/h7-13,16H,14-15H2,1-6H3,(H,28,33). The Hall–Kier alpha value is -2.62. The average molecular weight is 557 g/mol. The molecule has 2 aromatic carbocycles. The summed E-state index contributed by atoms with van der Waals surface area (Å²) in [5.74, 6) is -1.29. The number of benzene rings is 2. The summed E-state index contributed by atoms with van der Waals surface area (Å²) >= 11 is 12.3. The van der Waals surface area contributed by atoms with Crippen LogP contribution in [0.3, 0.4) is 0 Å². The minimum Gasteiger partial charge on any atom is -0.350 e. The molecule has 0 bridgehead atoms. The van der Waals surface area contributed by atoms with Crippen LogP contribution >= 0.6 is 23.2 Å². The first kappa shape index (κ1) is 29.6. The minimum atomic E-state index is -3.92. The van der Waals surface area contributed by atoms with Gasteiger partial charge in [-0.2, -0.15) is 0 Å². The van der Waals surface area contributed by atoms with Gasteiger partial charge in [-0.3, -0.25) is 18.7 Å². The molecular weight excluding hydrogens is 525 g/mol. The Bertz CT molecular complexity index is 1260. The van der Waals surface area contributed by atoms with E-state index in [-0.39, 0.29) is 18.0 Å². The quantitative estimate of drug-likeness (QED) is 0.464. The zero-order chi connectivity index (χ0) is 27.4. The van der Waals surface area contributed by atoms with E-state index < -0.39 is 40.0 Å². The summed E-state index contributed by atoms with van der Waals surface area (Å²) in [7, 11) is -3.92. The lowest BCUT2D eigenvalue weighted by Gasteiger charge is -2.33. The van der Waals surface area contributed by atoms with Crippen molar-refractivity contribution in [2.45, 2.75) is 52.7 Å². The van der Waals surface area contributed by atoms with Gasteiger partial charge in [0.15, 0.2) is 5.78 Å². The van der Waals surface area contributed by atoms with Crippen molar-refractivity contribution < 1.29 is 22.8 Å². The van der Waals surface area contributed by atoms with Gasteiger partial charge in [-0.15, -0.1) is 0 Å². The third-order valence-corrected chi connectivity index (χ3v) is 6.97. The molecule has 0 aromatic heterocycles. The maximum absolute atomic E-state index is 13.6. The number of rotatable bonds is 9. The highest BCUT2D eigenvalue weighted by molar-refractivity contribution is 7.92. The molecule has 0 radical (unpaired) electrons. The number of nitrogens with one attached hydrogen (secondary N) is 1. The number of sulfonamides is 1. The van der Waals surface area contributed by atoms with Gasteiger partial charge in [0, 0.05) is 27.7 Å². The van der Waals surface area contributed by atoms with Crippen LogP contribution in [0.4, 0.5) is 5.69 Å². The Morgan fingerprint density at radius 3 is 2.22 bits per heavy atom. The van der Waals surface area contributed by atoms with Crippen LogP contribution in [0.5, 0.6) is 0 Å². The molecule has 0 heterocycles. The fraction of sp³-hybridized carbons (Fsp3) is 0.400. The van der Waals surface area contributed by atoms with E-state index >= 15 is 0 Å². The Labute approximate surface area is 222 Å². The van der Waals surface area contributed by atoms with E-state index in [0.717, 1.165) is 10.6 Å². The van der Waals surface area contributed by atoms with Crippen LogP contribution in [0.25, 0.3) is 0 Å². The fourth-order valence-corrected chi connectivity index (χ4v) is 4.69. The second-order valence-electron chi connectivity index (χ2n) is 9.55. The Balaban J connectivity index is 2.48. The topological polar surface area (TPSA) is 104 Å². The van der Waals surface area contributed by atoms with Gasteiger partial charge in [-0.25, -0.2) is 8.42 Å². The summed E-state index contributed by atoms with van der Waals surface area (Å²) in [5, 5.41) is 3.56. The van der Waals surface area contributed by atoms with Crippen molar-refractivity contribution in [3.63, 3.8) is 0 Å². The second kappa shape index (κ2) is 11.6. The third-order valence-electron chi connectivity index (χ3n) is 5.24. The molecule has 11 heteroatoms. The van der Waals surface area contributed by atoms with E-state index in [1.807, 2.05) is 20.8 Å². The van der Waals surface area contributed by atoms with Crippen LogP contribution in [0.15, 0.2) is 42.5 Å². The number of carbonyl (C=O) groups is 3. The first-order valence-electron chi connectivity index (χ1n) is 11.1. The monoisotopic (exact) mass is 555 g/mol. The van der Waals surface area contributed by atoms with Crippen LogP contribution in [-0.4, -0.2) is 55.3 Å². The van der Waals surface area contributed by atoms with Gasteiger partial charge in [0.25, 0.3) is 0 Å². The van der Waals surface area contributed by atoms with Gasteiger partial charge in [0.05, 0.1) is 11.9 Å². The first-order valence-corrected chi connectivity index (χ1v) is 13.7. The number of halogens is 2. The highest BCUT2D eigenvalue weighted by atomic mass is 35.5. The predicted octanol–water partition coefficient (Wildman–Crippen LogP) is 4.29. The van der Waals surface area contributed by atoms with Gasteiger partial charge in [-0.1, -0.05) is 41.4 Å². The van der Waals surface area contributed by atoms with Crippen molar-refractivity contribution in [3.8, 4) is 0 Å². The Morgan fingerprint density at radius 1 is 1.06 bits per heavy atom. The number of hydrogen-bond acceptors (Lipinski definition) is 5. The third kappa shape index (κ3) is 8.21. The number of ketones is 1. The zero-order valence-electron chi connectivity index (χ0n) is 21.1. The molecule has 1 atom stereocenters. The molecule has 8 nitrogen and oxygen atoms in total. The Kier molecular flexibility index (Phi) is 9.56. The molecular formula is C25H31Cl2N3O5S. The van der Waals surface area contributed by atoms with Crippen LogP contribution in [-0.2, 0) is 26.2 Å². The minimum absolute atomic E-state index is 0.0569. The number of Topliss-reactive ketones (excluding diaryl/α,β-unsaturated/α-hetero) is 1. The molecule has 1 unspecified atom stereocenters. The van der Waals surface area contributed by atoms with E-state index in [1.165, 1.54) is 30.0 Å². The van der Waals surface area contributed by atoms with Crippen LogP contribution in [0.1, 0.15) is 50.5 Å². The highest BCUT2D eigenvalue weighted by Crippen LogP contribution is 2.25. The number of anilines is 1. The molecule has 0 aliphatic rings. The highest BCUT2D eigenvalue weighted by Gasteiger charge is 2.31. The number of nitrogens with zero attached hydrogens (tertiary/aromatic N) is 2. The first-order chi connectivity index (χ1) is 16.5. The molecule has 2 amide bonds. The largest absolute Gasteiger partial charge is 0.350 e. The second-order valence-corrected chi connectivity index (χ2v) is 12.3. The molecule has 0 saturated heterocycles. The van der Waals surface area contributed by atoms with Crippen LogP contribution in [0.2, 0.25) is 10.0 Å². The average Bonchev–Trinajstić information content (AvgIpc) is 2.74. The van der Waals surface area contributed by atoms with Crippen LogP contribution in [0, 0.1) is 0 Å². The smallest absolute Gasteiger partial charge is 0.244 e. The van der Waals surface area contributed by atoms with Crippen molar-refractivity contribution in [2.24, 2.45) is 0 Å². The van der Waals surface area contributed by atoms with Crippen molar-refractivity contribution in [1.82, 2.24) is 10.2 Å². The van der Waals surface area contributed by atoms with Gasteiger partial charge >= 0.3 is 0 Å². The SMILES string of the molecule is CC(=O)c1cccc(N(CC(=O)N(Cc2ccc(Cl)cc2Cl)C(C)C(=O)NC(C)(C)C)S(C)(=O)=O)c1. The van der Waals surface area contributed by atoms with Gasteiger partial charge in [0.2, 0.25) is 21.8 Å². The summed E-state index contributed by atoms with van der Waals surface area (Å²) < 4.78 is 26.2. The molecule has 0 saturated carbocycles. The molecule has 0 aliphatic carbocycles.